The summed E-state index contributed by atoms with van der Waals surface area (Å²) in [6.45, 7) is 8.17. The fourth-order valence-electron chi connectivity index (χ4n) is 3.17. The van der Waals surface area contributed by atoms with Crippen molar-refractivity contribution in [2.45, 2.75) is 34.1 Å². The quantitative estimate of drug-likeness (QED) is 0.630. The highest BCUT2D eigenvalue weighted by Crippen LogP contribution is 2.28. The lowest BCUT2D eigenvalue weighted by molar-refractivity contribution is 0.495. The number of nitriles is 1. The zero-order valence-electron chi connectivity index (χ0n) is 14.7. The molecule has 0 spiro atoms. The third-order valence-electron chi connectivity index (χ3n) is 4.27. The van der Waals surface area contributed by atoms with Gasteiger partial charge >= 0.3 is 0 Å². The molecular weight excluding hydrogens is 292 g/mol. The van der Waals surface area contributed by atoms with Crippen LogP contribution in [-0.2, 0) is 6.42 Å². The van der Waals surface area contributed by atoms with Crippen LogP contribution in [0.4, 0.5) is 0 Å². The second-order valence-electron chi connectivity index (χ2n) is 7.23. The Labute approximate surface area is 143 Å². The van der Waals surface area contributed by atoms with E-state index < -0.39 is 0 Å². The maximum atomic E-state index is 9.31. The number of fused-ring (bicyclic) bond motifs is 1. The van der Waals surface area contributed by atoms with Crippen molar-refractivity contribution in [3.05, 3.63) is 65.2 Å². The summed E-state index contributed by atoms with van der Waals surface area (Å²) in [5, 5.41) is 10.4. The molecule has 0 fully saturated rings. The Morgan fingerprint density at radius 3 is 2.38 bits per heavy atom. The van der Waals surface area contributed by atoms with Crippen LogP contribution in [0.5, 0.6) is 0 Å². The first kappa shape index (κ1) is 16.2. The summed E-state index contributed by atoms with van der Waals surface area (Å²) < 4.78 is 0. The molecule has 0 amide bonds. The molecule has 0 bridgehead atoms. The molecular formula is C22H22N2. The van der Waals surface area contributed by atoms with Crippen molar-refractivity contribution in [2.75, 3.05) is 0 Å². The molecule has 1 aromatic heterocycles. The van der Waals surface area contributed by atoms with Crippen LogP contribution in [-0.4, -0.2) is 4.98 Å². The first-order chi connectivity index (χ1) is 11.4. The topological polar surface area (TPSA) is 36.7 Å². The van der Waals surface area contributed by atoms with Gasteiger partial charge in [0, 0.05) is 10.9 Å². The molecule has 24 heavy (non-hydrogen) atoms. The van der Waals surface area contributed by atoms with E-state index in [1.165, 1.54) is 16.7 Å². The maximum Gasteiger partial charge on any atom is 0.0712 e. The van der Waals surface area contributed by atoms with Crippen LogP contribution in [0, 0.1) is 30.6 Å². The smallest absolute Gasteiger partial charge is 0.0712 e. The number of nitrogens with zero attached hydrogens (tertiary/aromatic N) is 2. The van der Waals surface area contributed by atoms with Gasteiger partial charge in [0.05, 0.1) is 22.7 Å². The van der Waals surface area contributed by atoms with Crippen LogP contribution in [0.1, 0.15) is 30.5 Å². The van der Waals surface area contributed by atoms with E-state index in [1.54, 1.807) is 0 Å². The van der Waals surface area contributed by atoms with Crippen molar-refractivity contribution in [1.82, 2.24) is 4.98 Å². The number of benzene rings is 2. The van der Waals surface area contributed by atoms with E-state index in [-0.39, 0.29) is 5.41 Å². The van der Waals surface area contributed by atoms with Gasteiger partial charge < -0.3 is 0 Å². The van der Waals surface area contributed by atoms with E-state index in [4.69, 9.17) is 4.98 Å². The van der Waals surface area contributed by atoms with Crippen LogP contribution < -0.4 is 0 Å². The molecule has 0 saturated heterocycles. The minimum absolute atomic E-state index is 0.374. The molecule has 0 unspecified atom stereocenters. The molecule has 0 atom stereocenters. The lowest BCUT2D eigenvalue weighted by Crippen LogP contribution is -2.12. The number of hydrogen-bond donors (Lipinski definition) is 0. The average Bonchev–Trinajstić information content (AvgIpc) is 2.53. The van der Waals surface area contributed by atoms with Gasteiger partial charge in [0.1, 0.15) is 0 Å². The Kier molecular flexibility index (Phi) is 4.11. The number of aryl methyl sites for hydroxylation is 2. The monoisotopic (exact) mass is 314 g/mol. The summed E-state index contributed by atoms with van der Waals surface area (Å²) in [6, 6.07) is 19.3. The van der Waals surface area contributed by atoms with Crippen molar-refractivity contribution in [2.24, 2.45) is 5.41 Å². The van der Waals surface area contributed by atoms with E-state index in [2.05, 4.69) is 56.3 Å². The van der Waals surface area contributed by atoms with Crippen molar-refractivity contribution in [3.63, 3.8) is 0 Å². The molecule has 0 saturated carbocycles. The van der Waals surface area contributed by atoms with E-state index in [0.29, 0.717) is 0 Å². The second kappa shape index (κ2) is 6.09. The highest BCUT2D eigenvalue weighted by atomic mass is 14.7. The average molecular weight is 314 g/mol. The van der Waals surface area contributed by atoms with Gasteiger partial charge in [-0.25, -0.2) is 4.98 Å². The zero-order chi connectivity index (χ0) is 17.3. The Balaban J connectivity index is 2.08. The number of rotatable bonds is 3. The molecule has 3 aromatic rings. The van der Waals surface area contributed by atoms with E-state index in [1.807, 2.05) is 26.0 Å². The van der Waals surface area contributed by atoms with Gasteiger partial charge in [-0.05, 0) is 63.9 Å². The molecule has 0 radical (unpaired) electrons. The standard InChI is InChI=1S/C22H22N2/c1-15-10-16(2)12-18(11-15)20-9-8-19-17(13-22(3,4)14-23)6-5-7-21(19)24-20/h5-12H,13H2,1-4H3. The van der Waals surface area contributed by atoms with Crippen molar-refractivity contribution < 1.29 is 0 Å². The first-order valence-electron chi connectivity index (χ1n) is 8.26. The van der Waals surface area contributed by atoms with E-state index >= 15 is 0 Å². The summed E-state index contributed by atoms with van der Waals surface area (Å²) in [7, 11) is 0. The second-order valence-corrected chi connectivity index (χ2v) is 7.23. The number of aromatic nitrogens is 1. The lowest BCUT2D eigenvalue weighted by Gasteiger charge is -2.16. The maximum absolute atomic E-state index is 9.31. The minimum Gasteiger partial charge on any atom is -0.248 e. The predicted octanol–water partition coefficient (Wildman–Crippen LogP) is 5.61. The van der Waals surface area contributed by atoms with Crippen LogP contribution in [0.25, 0.3) is 22.2 Å². The molecule has 2 heteroatoms. The van der Waals surface area contributed by atoms with Gasteiger partial charge in [-0.15, -0.1) is 0 Å². The van der Waals surface area contributed by atoms with Gasteiger partial charge in [0.15, 0.2) is 0 Å². The molecule has 3 rings (SSSR count). The summed E-state index contributed by atoms with van der Waals surface area (Å²) in [4.78, 5) is 4.86. The molecule has 120 valence electrons. The Hall–Kier alpha value is -2.66. The van der Waals surface area contributed by atoms with E-state index in [9.17, 15) is 5.26 Å². The normalized spacial score (nSPS) is 11.5. The molecule has 0 aliphatic heterocycles. The molecule has 0 N–H and O–H groups in total. The first-order valence-corrected chi connectivity index (χ1v) is 8.26. The van der Waals surface area contributed by atoms with Crippen LogP contribution >= 0.6 is 0 Å². The SMILES string of the molecule is Cc1cc(C)cc(-c2ccc3c(CC(C)(C)C#N)cccc3n2)c1. The fraction of sp³-hybridized carbons (Fsp3) is 0.273. The Morgan fingerprint density at radius 1 is 1.00 bits per heavy atom. The Morgan fingerprint density at radius 2 is 1.71 bits per heavy atom. The largest absolute Gasteiger partial charge is 0.248 e. The van der Waals surface area contributed by atoms with Crippen molar-refractivity contribution in [1.29, 1.82) is 5.26 Å². The zero-order valence-corrected chi connectivity index (χ0v) is 14.7. The summed E-state index contributed by atoms with van der Waals surface area (Å²) in [5.41, 5.74) is 6.42. The molecule has 0 aliphatic rings. The molecule has 1 heterocycles. The molecule has 2 nitrogen and oxygen atoms in total. The number of pyridine rings is 1. The van der Waals surface area contributed by atoms with E-state index in [0.717, 1.165) is 28.6 Å². The number of hydrogen-bond acceptors (Lipinski definition) is 2. The van der Waals surface area contributed by atoms with Gasteiger partial charge in [-0.1, -0.05) is 35.4 Å². The summed E-state index contributed by atoms with van der Waals surface area (Å²) >= 11 is 0. The third kappa shape index (κ3) is 3.31. The van der Waals surface area contributed by atoms with Gasteiger partial charge in [-0.3, -0.25) is 0 Å². The third-order valence-corrected chi connectivity index (χ3v) is 4.27. The summed E-state index contributed by atoms with van der Waals surface area (Å²) in [6.07, 6.45) is 0.728. The molecule has 2 aromatic carbocycles. The van der Waals surface area contributed by atoms with Gasteiger partial charge in [0.2, 0.25) is 0 Å². The highest BCUT2D eigenvalue weighted by molar-refractivity contribution is 5.85. The van der Waals surface area contributed by atoms with Crippen LogP contribution in [0.2, 0.25) is 0 Å². The fourth-order valence-corrected chi connectivity index (χ4v) is 3.17. The lowest BCUT2D eigenvalue weighted by atomic mass is 9.86. The van der Waals surface area contributed by atoms with Crippen molar-refractivity contribution in [3.8, 4) is 17.3 Å². The minimum atomic E-state index is -0.374. The Bertz CT molecular complexity index is 926. The van der Waals surface area contributed by atoms with Crippen LogP contribution in [0.3, 0.4) is 0 Å². The summed E-state index contributed by atoms with van der Waals surface area (Å²) in [5.74, 6) is 0. The highest BCUT2D eigenvalue weighted by Gasteiger charge is 2.19. The van der Waals surface area contributed by atoms with Gasteiger partial charge in [-0.2, -0.15) is 5.26 Å². The van der Waals surface area contributed by atoms with Crippen molar-refractivity contribution >= 4 is 10.9 Å². The van der Waals surface area contributed by atoms with Gasteiger partial charge in [0.25, 0.3) is 0 Å². The molecule has 0 aliphatic carbocycles. The predicted molar refractivity (Wildman–Crippen MR) is 99.8 cm³/mol. The van der Waals surface area contributed by atoms with Crippen LogP contribution in [0.15, 0.2) is 48.5 Å².